The summed E-state index contributed by atoms with van der Waals surface area (Å²) in [5.41, 5.74) is 2.50. The maximum atomic E-state index is 13.6. The van der Waals surface area contributed by atoms with E-state index in [4.69, 9.17) is 14.5 Å². The molecule has 2 N–H and O–H groups in total. The predicted octanol–water partition coefficient (Wildman–Crippen LogP) is 2.17. The molecule has 0 amide bonds. The summed E-state index contributed by atoms with van der Waals surface area (Å²) in [6, 6.07) is 7.81. The average Bonchev–Trinajstić information content (AvgIpc) is 3.31. The van der Waals surface area contributed by atoms with Gasteiger partial charge in [-0.2, -0.15) is 0 Å². The van der Waals surface area contributed by atoms with Crippen LogP contribution in [0.25, 0.3) is 22.6 Å². The Labute approximate surface area is 195 Å². The maximum Gasteiger partial charge on any atom is 0.311 e. The zero-order valence-corrected chi connectivity index (χ0v) is 18.6. The molecule has 2 aromatic heterocycles. The molecule has 0 aliphatic carbocycles. The Morgan fingerprint density at radius 2 is 1.79 bits per heavy atom. The monoisotopic (exact) mass is 468 g/mol. The Hall–Kier alpha value is -3.41. The van der Waals surface area contributed by atoms with Gasteiger partial charge in [0.2, 0.25) is 12.2 Å². The number of imidazole rings is 1. The van der Waals surface area contributed by atoms with Gasteiger partial charge in [-0.3, -0.25) is 4.79 Å². The van der Waals surface area contributed by atoms with Crippen molar-refractivity contribution in [3.05, 3.63) is 48.2 Å². The molecule has 0 unspecified atom stereocenters. The average molecular weight is 468 g/mol. The van der Waals surface area contributed by atoms with Gasteiger partial charge in [0.1, 0.15) is 11.7 Å². The van der Waals surface area contributed by atoms with Gasteiger partial charge in [-0.05, 0) is 37.4 Å². The van der Waals surface area contributed by atoms with Crippen LogP contribution in [0.5, 0.6) is 0 Å². The van der Waals surface area contributed by atoms with Crippen molar-refractivity contribution < 1.29 is 23.8 Å². The molecule has 5 rings (SSSR count). The minimum atomic E-state index is -0.969. The molecule has 1 aromatic carbocycles. The van der Waals surface area contributed by atoms with Gasteiger partial charge in [-0.1, -0.05) is 0 Å². The molecule has 2 fully saturated rings. The minimum absolute atomic E-state index is 0.0168. The van der Waals surface area contributed by atoms with E-state index in [0.717, 1.165) is 26.2 Å². The second-order valence-electron chi connectivity index (χ2n) is 8.42. The van der Waals surface area contributed by atoms with E-state index in [2.05, 4.69) is 31.8 Å². The van der Waals surface area contributed by atoms with Crippen LogP contribution in [0.2, 0.25) is 0 Å². The Balaban J connectivity index is 1.49. The van der Waals surface area contributed by atoms with Gasteiger partial charge >= 0.3 is 5.97 Å². The minimum Gasteiger partial charge on any atom is -0.481 e. The van der Waals surface area contributed by atoms with E-state index in [-0.39, 0.29) is 19.0 Å². The summed E-state index contributed by atoms with van der Waals surface area (Å²) in [6.45, 7) is 3.54. The van der Waals surface area contributed by atoms with Crippen LogP contribution in [0.15, 0.2) is 36.5 Å². The topological polar surface area (TPSA) is 117 Å². The number of ether oxygens (including phenoxy) is 2. The number of carboxylic acid groups (broad SMARTS) is 1. The highest BCUT2D eigenvalue weighted by Gasteiger charge is 2.31. The van der Waals surface area contributed by atoms with Crippen molar-refractivity contribution in [2.45, 2.75) is 6.29 Å². The fourth-order valence-electron chi connectivity index (χ4n) is 3.96. The number of aliphatic carboxylic acids is 1. The van der Waals surface area contributed by atoms with Gasteiger partial charge in [0.25, 0.3) is 0 Å². The van der Waals surface area contributed by atoms with Crippen LogP contribution in [-0.2, 0) is 14.3 Å². The highest BCUT2D eigenvalue weighted by molar-refractivity contribution is 5.77. The lowest BCUT2D eigenvalue weighted by atomic mass is 10.1. The Morgan fingerprint density at radius 1 is 1.09 bits per heavy atom. The van der Waals surface area contributed by atoms with Crippen molar-refractivity contribution >= 4 is 11.9 Å². The molecule has 0 saturated carbocycles. The van der Waals surface area contributed by atoms with Crippen LogP contribution in [-0.4, -0.2) is 82.4 Å². The number of piperazine rings is 1. The van der Waals surface area contributed by atoms with Crippen molar-refractivity contribution in [1.29, 1.82) is 0 Å². The molecule has 34 heavy (non-hydrogen) atoms. The van der Waals surface area contributed by atoms with Gasteiger partial charge in [0, 0.05) is 37.9 Å². The van der Waals surface area contributed by atoms with Crippen LogP contribution >= 0.6 is 0 Å². The molecule has 2 saturated heterocycles. The molecular formula is C23H25FN6O4. The summed E-state index contributed by atoms with van der Waals surface area (Å²) < 4.78 is 24.8. The molecule has 2 aliphatic rings. The number of hydrogen-bond donors (Lipinski definition) is 2. The molecular weight excluding hydrogens is 443 g/mol. The summed E-state index contributed by atoms with van der Waals surface area (Å²) in [5, 5.41) is 9.18. The number of likely N-dealkylation sites (N-methyl/N-ethyl adjacent to an activating group) is 1. The third-order valence-corrected chi connectivity index (χ3v) is 5.99. The van der Waals surface area contributed by atoms with Crippen LogP contribution in [0, 0.1) is 11.7 Å². The number of nitrogens with zero attached hydrogens (tertiary/aromatic N) is 5. The normalized spacial score (nSPS) is 21.5. The van der Waals surface area contributed by atoms with Crippen molar-refractivity contribution in [3.8, 4) is 22.6 Å². The summed E-state index contributed by atoms with van der Waals surface area (Å²) in [7, 11) is 2.09. The first-order chi connectivity index (χ1) is 16.5. The van der Waals surface area contributed by atoms with Crippen LogP contribution in [0.4, 0.5) is 10.3 Å². The Morgan fingerprint density at radius 3 is 2.47 bits per heavy atom. The fourth-order valence-corrected chi connectivity index (χ4v) is 3.96. The second-order valence-corrected chi connectivity index (χ2v) is 8.42. The smallest absolute Gasteiger partial charge is 0.311 e. The molecule has 4 heterocycles. The van der Waals surface area contributed by atoms with Gasteiger partial charge in [0.05, 0.1) is 30.3 Å². The first-order valence-electron chi connectivity index (χ1n) is 11.1. The quantitative estimate of drug-likeness (QED) is 0.581. The zero-order chi connectivity index (χ0) is 23.7. The van der Waals surface area contributed by atoms with E-state index < -0.39 is 18.2 Å². The summed E-state index contributed by atoms with van der Waals surface area (Å²) >= 11 is 0. The van der Waals surface area contributed by atoms with Crippen molar-refractivity contribution in [1.82, 2.24) is 24.8 Å². The fraction of sp³-hybridized carbons (Fsp3) is 0.391. The largest absolute Gasteiger partial charge is 0.481 e. The van der Waals surface area contributed by atoms with Crippen molar-refractivity contribution in [2.24, 2.45) is 5.92 Å². The standard InChI is InChI=1S/C23H25FN6O4/c1-29-8-10-30(11-9-29)23-25-7-6-17(26-23)19-18(14-2-4-16(24)5-3-14)27-20(28-19)22-33-12-15(13-34-22)21(31)32/h2-7,15,22H,8-13H2,1H3,(H,27,28)(H,31,32). The lowest BCUT2D eigenvalue weighted by Gasteiger charge is -2.32. The third-order valence-electron chi connectivity index (χ3n) is 5.99. The molecule has 0 bridgehead atoms. The van der Waals surface area contributed by atoms with Crippen LogP contribution in [0.1, 0.15) is 12.1 Å². The first-order valence-corrected chi connectivity index (χ1v) is 11.1. The summed E-state index contributed by atoms with van der Waals surface area (Å²) in [4.78, 5) is 32.7. The number of aromatic amines is 1. The number of benzene rings is 1. The number of H-pyrrole nitrogens is 1. The lowest BCUT2D eigenvalue weighted by Crippen LogP contribution is -2.45. The maximum absolute atomic E-state index is 13.6. The van der Waals surface area contributed by atoms with E-state index in [1.54, 1.807) is 24.4 Å². The van der Waals surface area contributed by atoms with E-state index >= 15 is 0 Å². The third kappa shape index (κ3) is 4.63. The molecule has 11 heteroatoms. The molecule has 178 valence electrons. The van der Waals surface area contributed by atoms with Crippen molar-refractivity contribution in [2.75, 3.05) is 51.3 Å². The number of carboxylic acids is 1. The van der Waals surface area contributed by atoms with Crippen LogP contribution < -0.4 is 4.90 Å². The van der Waals surface area contributed by atoms with E-state index in [9.17, 15) is 14.3 Å². The molecule has 0 atom stereocenters. The van der Waals surface area contributed by atoms with E-state index in [1.165, 1.54) is 12.1 Å². The molecule has 0 spiro atoms. The first kappa shape index (κ1) is 22.4. The molecule has 10 nitrogen and oxygen atoms in total. The summed E-state index contributed by atoms with van der Waals surface area (Å²) in [6.07, 6.45) is 0.859. The number of halogens is 1. The highest BCUT2D eigenvalue weighted by Crippen LogP contribution is 2.33. The van der Waals surface area contributed by atoms with E-state index in [1.807, 2.05) is 0 Å². The number of hydrogen-bond acceptors (Lipinski definition) is 8. The SMILES string of the molecule is CN1CCN(c2nccc(-c3[nH]c(C4OCC(C(=O)O)CO4)nc3-c3ccc(F)cc3)n2)CC1. The molecule has 0 radical (unpaired) electrons. The second kappa shape index (κ2) is 9.45. The summed E-state index contributed by atoms with van der Waals surface area (Å²) in [5.74, 6) is -1.03. The lowest BCUT2D eigenvalue weighted by molar-refractivity contribution is -0.214. The Kier molecular flexibility index (Phi) is 6.22. The van der Waals surface area contributed by atoms with Gasteiger partial charge in [-0.25, -0.2) is 19.3 Å². The van der Waals surface area contributed by atoms with Crippen molar-refractivity contribution in [3.63, 3.8) is 0 Å². The highest BCUT2D eigenvalue weighted by atomic mass is 19.1. The van der Waals surface area contributed by atoms with E-state index in [0.29, 0.717) is 34.4 Å². The predicted molar refractivity (Wildman–Crippen MR) is 120 cm³/mol. The van der Waals surface area contributed by atoms with Crippen LogP contribution in [0.3, 0.4) is 0 Å². The Bertz CT molecular complexity index is 1150. The zero-order valence-electron chi connectivity index (χ0n) is 18.6. The van der Waals surface area contributed by atoms with Gasteiger partial charge < -0.3 is 29.4 Å². The van der Waals surface area contributed by atoms with Gasteiger partial charge in [0.15, 0.2) is 5.82 Å². The number of aromatic nitrogens is 4. The number of carbonyl (C=O) groups is 1. The number of anilines is 1. The number of nitrogens with one attached hydrogen (secondary N) is 1. The molecule has 3 aromatic rings. The molecule has 2 aliphatic heterocycles. The van der Waals surface area contributed by atoms with Gasteiger partial charge in [-0.15, -0.1) is 0 Å². The number of rotatable bonds is 5.